The molecule has 6 aliphatic heterocycles. The van der Waals surface area contributed by atoms with E-state index in [1.807, 2.05) is 80.5 Å². The number of imidazole rings is 1. The molecule has 15 N–H and O–H groups in total. The van der Waals surface area contributed by atoms with E-state index in [0.717, 1.165) is 16.5 Å². The number of aromatic nitrogens is 2. The number of aliphatic hydroxyl groups excluding tert-OH is 2. The standard InChI is InChI=1S/C62H90N13O14P.Co.HNO2/c1-29-20-39-40(21-30(29)2)75(28-70-39)57-52(84)53(41(27-76)87-57)89-90(85,86)88-31(3)26-69-49(83)18-19-59(8)37(22-46(66)80)56-62(11)61(10,25-48(68)82)36(14-17-45(65)79)51(74-62)33(5)55-60(9,24-47(67)81)34(12-15-43(63)77)38(71-55)23-42-58(6,7)35(13-16-44(64)78)50(72-42)32(4)54(59)73-56;;2-1-3/h20-21,23,28,31,34-37,41,52-53,56-57,76,84H,12-19,22,24-27H2,1-11H3,(H15,63,64,65,66,67,68,69,71,72,73,74,77,78,79,80,81,82,83,85,86);;(H,2,3)/p-3. The number of phosphoric ester groups is 1. The van der Waals surface area contributed by atoms with Gasteiger partial charge in [0.05, 0.1) is 41.3 Å². The van der Waals surface area contributed by atoms with Crippen molar-refractivity contribution in [2.75, 3.05) is 13.2 Å². The van der Waals surface area contributed by atoms with Crippen LogP contribution in [0, 0.1) is 69.3 Å². The summed E-state index contributed by atoms with van der Waals surface area (Å²) in [5.41, 5.74) is 36.7. The molecule has 2 saturated heterocycles. The molecule has 32 heteroatoms. The monoisotopic (exact) mass is 1370 g/mol. The Hall–Kier alpha value is -7.09. The number of benzene rings is 1. The number of carbonyl (C=O) groups excluding carboxylic acids is 7. The van der Waals surface area contributed by atoms with Crippen LogP contribution in [0.1, 0.15) is 150 Å². The molecule has 0 aliphatic carbocycles. The molecule has 7 amide bonds. The van der Waals surface area contributed by atoms with Crippen LogP contribution in [0.5, 0.6) is 0 Å². The van der Waals surface area contributed by atoms with Gasteiger partial charge in [-0.15, -0.1) is 5.34 Å². The number of primary amides is 6. The number of amides is 7. The maximum atomic E-state index is 14.4. The second-order valence-corrected chi connectivity index (χ2v) is 28.4. The second-order valence-electron chi connectivity index (χ2n) is 27.1. The topological polar surface area (TPSA) is 517 Å². The number of fused-ring (bicyclic) bond motifs is 7. The number of nitrogens with two attached hydrogens (primary N) is 6. The third kappa shape index (κ3) is 15.0. The van der Waals surface area contributed by atoms with Crippen molar-refractivity contribution in [1.82, 2.24) is 14.9 Å². The Morgan fingerprint density at radius 1 is 0.809 bits per heavy atom. The predicted molar refractivity (Wildman–Crippen MR) is 341 cm³/mol. The van der Waals surface area contributed by atoms with Crippen molar-refractivity contribution in [3.8, 4) is 0 Å². The second kappa shape index (κ2) is 29.1. The summed E-state index contributed by atoms with van der Waals surface area (Å²) < 4.78 is 31.9. The van der Waals surface area contributed by atoms with Crippen LogP contribution in [-0.4, -0.2) is 127 Å². The molecule has 519 valence electrons. The van der Waals surface area contributed by atoms with Gasteiger partial charge in [-0.05, 0) is 119 Å². The van der Waals surface area contributed by atoms with E-state index in [-0.39, 0.29) is 94.0 Å². The Balaban J connectivity index is 0.00000343. The van der Waals surface area contributed by atoms with Gasteiger partial charge in [0.1, 0.15) is 18.3 Å². The molecule has 1 radical (unpaired) electrons. The first-order valence-electron chi connectivity index (χ1n) is 30.9. The fraction of sp³-hybridized carbons (Fsp3) is 0.629. The van der Waals surface area contributed by atoms with Gasteiger partial charge in [0.2, 0.25) is 41.4 Å². The summed E-state index contributed by atoms with van der Waals surface area (Å²) in [4.78, 5) is 136. The molecule has 7 heterocycles. The minimum absolute atomic E-state index is 0. The third-order valence-corrected chi connectivity index (χ3v) is 21.6. The maximum Gasteiger partial charge on any atom is 0.268 e. The predicted octanol–water partition coefficient (Wildman–Crippen LogP) is 3.56. The molecule has 0 spiro atoms. The van der Waals surface area contributed by atoms with Gasteiger partial charge >= 0.3 is 0 Å². The molecule has 1 aromatic carbocycles. The van der Waals surface area contributed by atoms with Crippen LogP contribution in [0.4, 0.5) is 0 Å². The Morgan fingerprint density at radius 2 is 1.38 bits per heavy atom. The molecule has 15 unspecified atom stereocenters. The maximum absolute atomic E-state index is 14.4. The van der Waals surface area contributed by atoms with Crippen LogP contribution in [-0.2, 0) is 68.7 Å². The molecule has 30 nitrogen and oxygen atoms in total. The van der Waals surface area contributed by atoms with Gasteiger partial charge in [0, 0.05) is 125 Å². The SMILES string of the molecule is CC1=C2N=C(/C=C3N=C(/C(C)=C4\[N-]C(C(CC(N)=O)C4(C)CCC(=O)NCC(C)OP(=O)([O-])OC4C(CO)OC(n5cnc6cc(C)c(C)cc65)C4O)C4(C)N=C1C(CCC(N)=O)C4(C)CC(N)=O)C(CCC(N)=O)C\3(C)C)C(CCC(N)=O)C2(C)CC(N)=O.O=N[O-].[Co]. The zero-order chi connectivity index (χ0) is 69.4. The van der Waals surface area contributed by atoms with Gasteiger partial charge in [0.15, 0.2) is 6.23 Å². The number of aliphatic hydroxyl groups is 2. The van der Waals surface area contributed by atoms with Crippen molar-refractivity contribution >= 4 is 77.3 Å². The van der Waals surface area contributed by atoms with E-state index in [2.05, 4.69) is 10.3 Å². The Bertz CT molecular complexity index is 3610. The summed E-state index contributed by atoms with van der Waals surface area (Å²) >= 11 is 0. The molecular weight excluding hydrogens is 1290 g/mol. The number of carbonyl (C=O) groups is 7. The molecular formula is C62H88CoN14O16P-3. The van der Waals surface area contributed by atoms with E-state index in [1.54, 1.807) is 6.92 Å². The molecule has 8 rings (SSSR count). The van der Waals surface area contributed by atoms with Gasteiger partial charge in [-0.3, -0.25) is 53.1 Å². The van der Waals surface area contributed by atoms with Crippen LogP contribution >= 0.6 is 7.82 Å². The number of rotatable bonds is 26. The van der Waals surface area contributed by atoms with Crippen LogP contribution < -0.4 is 44.6 Å². The number of aryl methyl sites for hydroxylation is 2. The molecule has 0 saturated carbocycles. The molecule has 15 atom stereocenters. The Morgan fingerprint density at radius 3 is 1.95 bits per heavy atom. The number of allylic oxidation sites excluding steroid dienone is 6. The Kier molecular flexibility index (Phi) is 23.5. The molecule has 2 fully saturated rings. The molecule has 1 aromatic heterocycles. The number of ether oxygens (including phenoxy) is 1. The van der Waals surface area contributed by atoms with Crippen LogP contribution in [0.25, 0.3) is 16.4 Å². The minimum Gasteiger partial charge on any atom is -0.756 e. The van der Waals surface area contributed by atoms with E-state index in [4.69, 9.17) is 78.6 Å². The normalized spacial score (nSPS) is 32.1. The smallest absolute Gasteiger partial charge is 0.268 e. The number of nitrogens with one attached hydrogen (secondary N) is 1. The summed E-state index contributed by atoms with van der Waals surface area (Å²) in [5.74, 6) is -7.40. The van der Waals surface area contributed by atoms with Gasteiger partial charge in [0.25, 0.3) is 7.82 Å². The summed E-state index contributed by atoms with van der Waals surface area (Å²) in [6.07, 6.45) is -4.79. The van der Waals surface area contributed by atoms with Crippen molar-refractivity contribution in [3.63, 3.8) is 0 Å². The van der Waals surface area contributed by atoms with Gasteiger partial charge in [-0.25, -0.2) is 4.98 Å². The zero-order valence-electron chi connectivity index (χ0n) is 54.8. The fourth-order valence-electron chi connectivity index (χ4n) is 15.3. The van der Waals surface area contributed by atoms with Crippen molar-refractivity contribution in [2.24, 2.45) is 100 Å². The fourth-order valence-corrected chi connectivity index (χ4v) is 16.4. The summed E-state index contributed by atoms with van der Waals surface area (Å²) in [6, 6.07) is 2.65. The quantitative estimate of drug-likeness (QED) is 0.0369. The number of hydrogen-bond acceptors (Lipinski definition) is 21. The van der Waals surface area contributed by atoms with Crippen LogP contribution in [0.2, 0.25) is 0 Å². The first kappa shape index (κ1) is 75.9. The summed E-state index contributed by atoms with van der Waals surface area (Å²) in [5, 5.41) is 39.1. The molecule has 8 bridgehead atoms. The van der Waals surface area contributed by atoms with Crippen LogP contribution in [0.3, 0.4) is 0 Å². The largest absolute Gasteiger partial charge is 0.756 e. The Labute approximate surface area is 555 Å². The average Bonchev–Trinajstić information content (AvgIpc) is 1.53. The minimum atomic E-state index is -5.32. The van der Waals surface area contributed by atoms with Crippen molar-refractivity contribution in [1.29, 1.82) is 0 Å². The summed E-state index contributed by atoms with van der Waals surface area (Å²) in [7, 11) is -5.32. The van der Waals surface area contributed by atoms with Crippen molar-refractivity contribution in [3.05, 3.63) is 79.3 Å². The number of hydrogen-bond donors (Lipinski definition) is 9. The van der Waals surface area contributed by atoms with E-state index >= 15 is 0 Å². The third-order valence-electron chi connectivity index (χ3n) is 20.5. The molecule has 94 heavy (non-hydrogen) atoms. The first-order chi connectivity index (χ1) is 43.2. The number of phosphoric acid groups is 1. The van der Waals surface area contributed by atoms with E-state index < -0.39 is 143 Å². The molecule has 6 aliphatic rings. The van der Waals surface area contributed by atoms with Crippen molar-refractivity contribution in [2.45, 2.75) is 189 Å². The molecule has 2 aromatic rings. The summed E-state index contributed by atoms with van der Waals surface area (Å²) in [6.45, 7) is 19.0. The van der Waals surface area contributed by atoms with E-state index in [1.165, 1.54) is 17.8 Å². The van der Waals surface area contributed by atoms with E-state index in [0.29, 0.717) is 56.4 Å². The van der Waals surface area contributed by atoms with Crippen molar-refractivity contribution < 1.29 is 83.8 Å². The van der Waals surface area contributed by atoms with Gasteiger partial charge < -0.3 is 88.6 Å². The zero-order valence-corrected chi connectivity index (χ0v) is 56.7. The number of aliphatic imine (C=N–C) groups is 3. The first-order valence-corrected chi connectivity index (χ1v) is 32.3. The van der Waals surface area contributed by atoms with E-state index in [9.17, 15) is 53.2 Å². The van der Waals surface area contributed by atoms with Gasteiger partial charge in [-0.1, -0.05) is 40.7 Å². The number of nitrogens with zero attached hydrogens (tertiary/aromatic N) is 7. The van der Waals surface area contributed by atoms with Crippen LogP contribution in [0.15, 0.2) is 73.1 Å². The average molecular weight is 1380 g/mol. The van der Waals surface area contributed by atoms with Gasteiger partial charge in [-0.2, -0.15) is 5.70 Å².